The lowest BCUT2D eigenvalue weighted by Crippen LogP contribution is -2.02. The predicted octanol–water partition coefficient (Wildman–Crippen LogP) is 10.6. The van der Waals surface area contributed by atoms with E-state index in [0.717, 1.165) is 61.2 Å². The zero-order chi connectivity index (χ0) is 29.7. The third-order valence-electron chi connectivity index (χ3n) is 8.52. The largest absolute Gasteiger partial charge is 0.456 e. The van der Waals surface area contributed by atoms with Gasteiger partial charge in [-0.1, -0.05) is 127 Å². The molecule has 0 fully saturated rings. The van der Waals surface area contributed by atoms with Crippen molar-refractivity contribution in [1.82, 2.24) is 15.0 Å². The first-order chi connectivity index (χ1) is 22.3. The second-order valence-corrected chi connectivity index (χ2v) is 11.2. The Labute approximate surface area is 260 Å². The van der Waals surface area contributed by atoms with Crippen LogP contribution < -0.4 is 4.74 Å². The van der Waals surface area contributed by atoms with E-state index in [2.05, 4.69) is 84.9 Å². The maximum absolute atomic E-state index is 6.62. The molecule has 0 radical (unpaired) electrons. The molecule has 4 heteroatoms. The summed E-state index contributed by atoms with van der Waals surface area (Å²) in [5.74, 6) is 3.58. The highest BCUT2D eigenvalue weighted by Crippen LogP contribution is 2.51. The lowest BCUT2D eigenvalue weighted by atomic mass is 9.87. The molecule has 1 aliphatic rings. The van der Waals surface area contributed by atoms with Crippen molar-refractivity contribution in [2.45, 2.75) is 0 Å². The van der Waals surface area contributed by atoms with Gasteiger partial charge in [-0.3, -0.25) is 0 Å². The molecule has 0 N–H and O–H groups in total. The van der Waals surface area contributed by atoms with Crippen molar-refractivity contribution in [1.29, 1.82) is 0 Å². The fourth-order valence-corrected chi connectivity index (χ4v) is 6.40. The van der Waals surface area contributed by atoms with E-state index in [4.69, 9.17) is 19.7 Å². The minimum Gasteiger partial charge on any atom is -0.456 e. The fourth-order valence-electron chi connectivity index (χ4n) is 6.40. The summed E-state index contributed by atoms with van der Waals surface area (Å²) in [5, 5.41) is 4.52. The Hall–Kier alpha value is -6.13. The summed E-state index contributed by atoms with van der Waals surface area (Å²) < 4.78 is 6.62. The lowest BCUT2D eigenvalue weighted by molar-refractivity contribution is 0.487. The third-order valence-corrected chi connectivity index (χ3v) is 8.52. The maximum Gasteiger partial charge on any atom is 0.164 e. The SMILES string of the molecule is c1ccc(-c2nc(-c3ccccc3)nc(-c3ccc4c5c(cccc35)-c3c(cccc3-c3ccc5ccccc5c3)O4)n2)cc1. The molecule has 0 atom stereocenters. The van der Waals surface area contributed by atoms with Crippen LogP contribution >= 0.6 is 0 Å². The van der Waals surface area contributed by atoms with Crippen LogP contribution in [-0.2, 0) is 0 Å². The van der Waals surface area contributed by atoms with Crippen molar-refractivity contribution in [3.05, 3.63) is 152 Å². The Morgan fingerprint density at radius 2 is 1.02 bits per heavy atom. The van der Waals surface area contributed by atoms with E-state index in [-0.39, 0.29) is 0 Å². The van der Waals surface area contributed by atoms with E-state index >= 15 is 0 Å². The smallest absolute Gasteiger partial charge is 0.164 e. The van der Waals surface area contributed by atoms with E-state index in [1.165, 1.54) is 10.8 Å². The normalized spacial score (nSPS) is 11.7. The molecule has 0 saturated heterocycles. The molecule has 8 aromatic rings. The van der Waals surface area contributed by atoms with E-state index in [1.54, 1.807) is 0 Å². The molecular formula is C41H25N3O. The van der Waals surface area contributed by atoms with Gasteiger partial charge < -0.3 is 4.74 Å². The van der Waals surface area contributed by atoms with E-state index in [1.807, 2.05) is 66.7 Å². The number of aromatic nitrogens is 3. The van der Waals surface area contributed by atoms with Gasteiger partial charge in [0, 0.05) is 27.6 Å². The van der Waals surface area contributed by atoms with Crippen LogP contribution in [0.4, 0.5) is 0 Å². The number of rotatable bonds is 4. The van der Waals surface area contributed by atoms with Gasteiger partial charge in [-0.15, -0.1) is 0 Å². The van der Waals surface area contributed by atoms with Gasteiger partial charge in [-0.25, -0.2) is 15.0 Å². The highest BCUT2D eigenvalue weighted by Gasteiger charge is 2.25. The van der Waals surface area contributed by atoms with Crippen molar-refractivity contribution in [2.75, 3.05) is 0 Å². The summed E-state index contributed by atoms with van der Waals surface area (Å²) in [6.07, 6.45) is 0. The molecule has 0 aliphatic carbocycles. The number of benzene rings is 7. The van der Waals surface area contributed by atoms with Crippen molar-refractivity contribution < 1.29 is 4.74 Å². The van der Waals surface area contributed by atoms with Crippen LogP contribution in [0.25, 0.3) is 78.0 Å². The molecule has 7 aromatic carbocycles. The van der Waals surface area contributed by atoms with Gasteiger partial charge in [0.25, 0.3) is 0 Å². The van der Waals surface area contributed by atoms with Gasteiger partial charge in [-0.2, -0.15) is 0 Å². The minimum absolute atomic E-state index is 0.625. The number of hydrogen-bond donors (Lipinski definition) is 0. The molecule has 4 nitrogen and oxygen atoms in total. The van der Waals surface area contributed by atoms with E-state index in [0.29, 0.717) is 17.5 Å². The topological polar surface area (TPSA) is 47.9 Å². The van der Waals surface area contributed by atoms with Crippen molar-refractivity contribution in [3.8, 4) is 67.9 Å². The fraction of sp³-hybridized carbons (Fsp3) is 0. The van der Waals surface area contributed by atoms with Crippen LogP contribution in [0.3, 0.4) is 0 Å². The van der Waals surface area contributed by atoms with Crippen LogP contribution in [0.1, 0.15) is 0 Å². The van der Waals surface area contributed by atoms with Crippen molar-refractivity contribution in [3.63, 3.8) is 0 Å². The summed E-state index contributed by atoms with van der Waals surface area (Å²) >= 11 is 0. The molecule has 1 aromatic heterocycles. The average molecular weight is 576 g/mol. The van der Waals surface area contributed by atoms with Gasteiger partial charge in [-0.05, 0) is 57.1 Å². The van der Waals surface area contributed by atoms with Crippen LogP contribution in [-0.4, -0.2) is 15.0 Å². The zero-order valence-electron chi connectivity index (χ0n) is 24.2. The molecule has 2 heterocycles. The van der Waals surface area contributed by atoms with Gasteiger partial charge in [0.05, 0.1) is 0 Å². The minimum atomic E-state index is 0.625. The molecule has 45 heavy (non-hydrogen) atoms. The Balaban J connectivity index is 1.26. The summed E-state index contributed by atoms with van der Waals surface area (Å²) in [7, 11) is 0. The average Bonchev–Trinajstić information content (AvgIpc) is 3.12. The van der Waals surface area contributed by atoms with E-state index < -0.39 is 0 Å². The number of fused-ring (bicyclic) bond motifs is 3. The zero-order valence-corrected chi connectivity index (χ0v) is 24.2. The standard InChI is InChI=1S/C41H25N3O/c1-3-12-27(13-4-1)39-42-40(28-14-5-2-6-15-28)44-41(43-39)33-23-24-36-38-32(33)18-9-19-34(38)37-31(17-10-20-35(37)45-36)30-22-21-26-11-7-8-16-29(26)25-30/h1-25H. The van der Waals surface area contributed by atoms with Gasteiger partial charge >= 0.3 is 0 Å². The van der Waals surface area contributed by atoms with Crippen molar-refractivity contribution >= 4 is 21.5 Å². The monoisotopic (exact) mass is 575 g/mol. The molecule has 0 saturated carbocycles. The number of hydrogen-bond acceptors (Lipinski definition) is 4. The summed E-state index contributed by atoms with van der Waals surface area (Å²) in [6, 6.07) is 52.1. The van der Waals surface area contributed by atoms with Crippen LogP contribution in [0.2, 0.25) is 0 Å². The quantitative estimate of drug-likeness (QED) is 0.209. The van der Waals surface area contributed by atoms with Gasteiger partial charge in [0.2, 0.25) is 0 Å². The third kappa shape index (κ3) is 4.27. The van der Waals surface area contributed by atoms with Crippen LogP contribution in [0.15, 0.2) is 152 Å². The summed E-state index contributed by atoms with van der Waals surface area (Å²) in [6.45, 7) is 0. The second kappa shape index (κ2) is 10.2. The van der Waals surface area contributed by atoms with Crippen LogP contribution in [0, 0.1) is 0 Å². The molecule has 0 bridgehead atoms. The molecule has 1 aliphatic heterocycles. The predicted molar refractivity (Wildman–Crippen MR) is 182 cm³/mol. The summed E-state index contributed by atoms with van der Waals surface area (Å²) in [5.41, 5.74) is 7.34. The van der Waals surface area contributed by atoms with Crippen molar-refractivity contribution in [2.24, 2.45) is 0 Å². The molecule has 0 unspecified atom stereocenters. The Morgan fingerprint density at radius 3 is 1.78 bits per heavy atom. The molecular weight excluding hydrogens is 550 g/mol. The molecule has 210 valence electrons. The molecule has 0 spiro atoms. The Bertz CT molecular complexity index is 2340. The highest BCUT2D eigenvalue weighted by atomic mass is 16.5. The van der Waals surface area contributed by atoms with Gasteiger partial charge in [0.1, 0.15) is 11.5 Å². The lowest BCUT2D eigenvalue weighted by Gasteiger charge is -2.24. The first-order valence-corrected chi connectivity index (χ1v) is 15.0. The van der Waals surface area contributed by atoms with Crippen LogP contribution in [0.5, 0.6) is 11.5 Å². The number of ether oxygens (including phenoxy) is 1. The second-order valence-electron chi connectivity index (χ2n) is 11.2. The summed E-state index contributed by atoms with van der Waals surface area (Å²) in [4.78, 5) is 14.9. The number of nitrogens with zero attached hydrogens (tertiary/aromatic N) is 3. The maximum atomic E-state index is 6.62. The highest BCUT2D eigenvalue weighted by molar-refractivity contribution is 6.11. The Morgan fingerprint density at radius 1 is 0.378 bits per heavy atom. The van der Waals surface area contributed by atoms with E-state index in [9.17, 15) is 0 Å². The first kappa shape index (κ1) is 25.4. The van der Waals surface area contributed by atoms with Gasteiger partial charge in [0.15, 0.2) is 17.5 Å². The molecule has 0 amide bonds. The first-order valence-electron chi connectivity index (χ1n) is 15.0. The Kier molecular flexibility index (Phi) is 5.78. The molecule has 9 rings (SSSR count).